The summed E-state index contributed by atoms with van der Waals surface area (Å²) in [6.07, 6.45) is 0. The van der Waals surface area contributed by atoms with Crippen molar-refractivity contribution in [2.24, 2.45) is 0 Å². The first-order valence-electron chi connectivity index (χ1n) is 8.98. The van der Waals surface area contributed by atoms with Gasteiger partial charge in [-0.05, 0) is 51.1 Å². The fourth-order valence-electron chi connectivity index (χ4n) is 2.70. The van der Waals surface area contributed by atoms with Crippen LogP contribution in [0.4, 0.5) is 17.3 Å². The normalized spacial score (nSPS) is 10.3. The van der Waals surface area contributed by atoms with Gasteiger partial charge in [0, 0.05) is 28.2 Å². The van der Waals surface area contributed by atoms with Crippen molar-refractivity contribution >= 4 is 34.8 Å². The second kappa shape index (κ2) is 8.43. The molecular formula is C22H20N4O3. The first-order chi connectivity index (χ1) is 13.8. The number of carbonyl (C=O) groups is 3. The molecule has 0 aliphatic heterocycles. The Morgan fingerprint density at radius 3 is 2.00 bits per heavy atom. The van der Waals surface area contributed by atoms with Crippen LogP contribution >= 0.6 is 0 Å². The van der Waals surface area contributed by atoms with E-state index in [2.05, 4.69) is 20.6 Å². The summed E-state index contributed by atoms with van der Waals surface area (Å²) < 4.78 is 0. The summed E-state index contributed by atoms with van der Waals surface area (Å²) in [4.78, 5) is 44.3. The molecule has 0 saturated carbocycles. The summed E-state index contributed by atoms with van der Waals surface area (Å²) in [5, 5.41) is 5.77. The zero-order valence-electron chi connectivity index (χ0n) is 16.3. The van der Waals surface area contributed by atoms with Crippen molar-refractivity contribution in [3.63, 3.8) is 0 Å². The number of nitrogens with one attached hydrogen (secondary N) is 2. The second-order valence-electron chi connectivity index (χ2n) is 6.57. The Balaban J connectivity index is 1.82. The molecule has 0 spiro atoms. The third kappa shape index (κ3) is 5.10. The summed E-state index contributed by atoms with van der Waals surface area (Å²) in [6.45, 7) is 4.71. The lowest BCUT2D eigenvalue weighted by molar-refractivity contribution is 0.100. The van der Waals surface area contributed by atoms with E-state index in [-0.39, 0.29) is 23.2 Å². The van der Waals surface area contributed by atoms with Gasteiger partial charge in [-0.1, -0.05) is 24.3 Å². The number of aryl methyl sites for hydroxylation is 1. The zero-order valence-corrected chi connectivity index (χ0v) is 16.3. The van der Waals surface area contributed by atoms with E-state index in [0.717, 1.165) is 0 Å². The van der Waals surface area contributed by atoms with Gasteiger partial charge in [0.2, 0.25) is 5.95 Å². The second-order valence-corrected chi connectivity index (χ2v) is 6.57. The van der Waals surface area contributed by atoms with Crippen LogP contribution < -0.4 is 10.6 Å². The van der Waals surface area contributed by atoms with Crippen LogP contribution in [0.1, 0.15) is 50.7 Å². The molecule has 0 aliphatic carbocycles. The van der Waals surface area contributed by atoms with Gasteiger partial charge in [-0.3, -0.25) is 14.4 Å². The number of rotatable bonds is 6. The highest BCUT2D eigenvalue weighted by Gasteiger charge is 2.12. The lowest BCUT2D eigenvalue weighted by Gasteiger charge is -2.10. The minimum Gasteiger partial charge on any atom is -0.324 e. The molecule has 7 nitrogen and oxygen atoms in total. The van der Waals surface area contributed by atoms with Crippen LogP contribution in [0.5, 0.6) is 0 Å². The lowest BCUT2D eigenvalue weighted by atomic mass is 10.1. The van der Waals surface area contributed by atoms with Crippen molar-refractivity contribution in [2.75, 3.05) is 10.6 Å². The number of hydrogen-bond acceptors (Lipinski definition) is 6. The number of aromatic nitrogens is 2. The number of ketones is 2. The predicted molar refractivity (Wildman–Crippen MR) is 111 cm³/mol. The molecule has 3 rings (SSSR count). The quantitative estimate of drug-likeness (QED) is 0.614. The lowest BCUT2D eigenvalue weighted by Crippen LogP contribution is -2.15. The van der Waals surface area contributed by atoms with Crippen molar-refractivity contribution in [3.05, 3.63) is 77.1 Å². The molecule has 146 valence electrons. The van der Waals surface area contributed by atoms with E-state index in [1.54, 1.807) is 61.5 Å². The molecule has 0 saturated heterocycles. The van der Waals surface area contributed by atoms with Crippen molar-refractivity contribution < 1.29 is 14.4 Å². The maximum atomic E-state index is 12.6. The van der Waals surface area contributed by atoms with Gasteiger partial charge in [-0.15, -0.1) is 0 Å². The molecule has 0 unspecified atom stereocenters. The Morgan fingerprint density at radius 1 is 0.793 bits per heavy atom. The molecule has 7 heteroatoms. The van der Waals surface area contributed by atoms with Crippen LogP contribution in [0.15, 0.2) is 54.6 Å². The third-order valence-corrected chi connectivity index (χ3v) is 4.14. The Kier molecular flexibility index (Phi) is 5.78. The average molecular weight is 388 g/mol. The van der Waals surface area contributed by atoms with Crippen LogP contribution in [0.25, 0.3) is 0 Å². The SMILES string of the molecule is CC(=O)c1cccc(NC(=O)c2cc(C)nc(Nc3cccc(C(C)=O)c3)n2)c1. The van der Waals surface area contributed by atoms with E-state index < -0.39 is 5.91 Å². The number of carbonyl (C=O) groups excluding carboxylic acids is 3. The maximum Gasteiger partial charge on any atom is 0.274 e. The van der Waals surface area contributed by atoms with Gasteiger partial charge in [0.25, 0.3) is 5.91 Å². The molecule has 0 atom stereocenters. The number of amides is 1. The number of nitrogens with zero attached hydrogens (tertiary/aromatic N) is 2. The molecule has 0 radical (unpaired) electrons. The number of anilines is 3. The molecule has 0 bridgehead atoms. The van der Waals surface area contributed by atoms with Crippen molar-refractivity contribution in [1.82, 2.24) is 9.97 Å². The largest absolute Gasteiger partial charge is 0.324 e. The average Bonchev–Trinajstić information content (AvgIpc) is 2.68. The van der Waals surface area contributed by atoms with Gasteiger partial charge < -0.3 is 10.6 Å². The zero-order chi connectivity index (χ0) is 21.0. The van der Waals surface area contributed by atoms with Gasteiger partial charge in [-0.2, -0.15) is 0 Å². The van der Waals surface area contributed by atoms with E-state index in [1.165, 1.54) is 13.8 Å². The van der Waals surface area contributed by atoms with E-state index in [4.69, 9.17) is 0 Å². The van der Waals surface area contributed by atoms with E-state index in [1.807, 2.05) is 0 Å². The molecule has 2 N–H and O–H groups in total. The highest BCUT2D eigenvalue weighted by atomic mass is 16.2. The molecule has 1 heterocycles. The van der Waals surface area contributed by atoms with E-state index in [0.29, 0.717) is 28.2 Å². The Labute approximate surface area is 168 Å². The van der Waals surface area contributed by atoms with Crippen LogP contribution in [0.3, 0.4) is 0 Å². The molecule has 2 aromatic carbocycles. The monoisotopic (exact) mass is 388 g/mol. The third-order valence-electron chi connectivity index (χ3n) is 4.14. The van der Waals surface area contributed by atoms with Gasteiger partial charge in [0.05, 0.1) is 0 Å². The van der Waals surface area contributed by atoms with Crippen molar-refractivity contribution in [3.8, 4) is 0 Å². The van der Waals surface area contributed by atoms with Crippen LogP contribution in [0.2, 0.25) is 0 Å². The predicted octanol–water partition coefficient (Wildman–Crippen LogP) is 4.19. The first-order valence-corrected chi connectivity index (χ1v) is 8.98. The van der Waals surface area contributed by atoms with Crippen LogP contribution in [-0.4, -0.2) is 27.4 Å². The minimum absolute atomic E-state index is 0.0494. The van der Waals surface area contributed by atoms with Crippen LogP contribution in [-0.2, 0) is 0 Å². The number of benzene rings is 2. The molecule has 0 aliphatic rings. The standard InChI is InChI=1S/C22H20N4O3/c1-13-10-20(21(29)24-18-8-4-6-16(11-18)14(2)27)26-22(23-13)25-19-9-5-7-17(12-19)15(3)28/h4-12H,1-3H3,(H,24,29)(H,23,25,26). The van der Waals surface area contributed by atoms with Crippen molar-refractivity contribution in [2.45, 2.75) is 20.8 Å². The topological polar surface area (TPSA) is 101 Å². The number of hydrogen-bond donors (Lipinski definition) is 2. The summed E-state index contributed by atoms with van der Waals surface area (Å²) in [5.41, 5.74) is 3.00. The van der Waals surface area contributed by atoms with Gasteiger partial charge >= 0.3 is 0 Å². The van der Waals surface area contributed by atoms with E-state index in [9.17, 15) is 14.4 Å². The highest BCUT2D eigenvalue weighted by Crippen LogP contribution is 2.17. The van der Waals surface area contributed by atoms with Crippen LogP contribution in [0, 0.1) is 6.92 Å². The number of Topliss-reactive ketones (excluding diaryl/α,β-unsaturated/α-hetero) is 2. The fourth-order valence-corrected chi connectivity index (χ4v) is 2.70. The first kappa shape index (κ1) is 19.9. The Hall–Kier alpha value is -3.87. The maximum absolute atomic E-state index is 12.6. The Morgan fingerprint density at radius 2 is 1.38 bits per heavy atom. The van der Waals surface area contributed by atoms with Gasteiger partial charge in [0.15, 0.2) is 11.6 Å². The van der Waals surface area contributed by atoms with Crippen molar-refractivity contribution in [1.29, 1.82) is 0 Å². The summed E-state index contributed by atoms with van der Waals surface area (Å²) >= 11 is 0. The molecule has 0 fully saturated rings. The fraction of sp³-hybridized carbons (Fsp3) is 0.136. The molecular weight excluding hydrogens is 368 g/mol. The van der Waals surface area contributed by atoms with Gasteiger partial charge in [0.1, 0.15) is 5.69 Å². The molecule has 29 heavy (non-hydrogen) atoms. The van der Waals surface area contributed by atoms with E-state index >= 15 is 0 Å². The van der Waals surface area contributed by atoms with Gasteiger partial charge in [-0.25, -0.2) is 9.97 Å². The Bertz CT molecular complexity index is 1110. The molecule has 1 amide bonds. The summed E-state index contributed by atoms with van der Waals surface area (Å²) in [5.74, 6) is -0.310. The minimum atomic E-state index is -0.420. The smallest absolute Gasteiger partial charge is 0.274 e. The summed E-state index contributed by atoms with van der Waals surface area (Å²) in [7, 11) is 0. The summed E-state index contributed by atoms with van der Waals surface area (Å²) in [6, 6.07) is 15.2. The molecule has 1 aromatic heterocycles. The molecule has 3 aromatic rings. The highest BCUT2D eigenvalue weighted by molar-refractivity contribution is 6.04.